The highest BCUT2D eigenvalue weighted by Crippen LogP contribution is 2.32. The van der Waals surface area contributed by atoms with Crippen molar-refractivity contribution in [3.8, 4) is 0 Å². The van der Waals surface area contributed by atoms with Crippen molar-refractivity contribution in [2.45, 2.75) is 39.0 Å². The smallest absolute Gasteiger partial charge is 0.354 e. The minimum atomic E-state index is -0.522. The van der Waals surface area contributed by atoms with Gasteiger partial charge in [0, 0.05) is 6.54 Å². The van der Waals surface area contributed by atoms with Crippen LogP contribution in [0, 0.1) is 22.0 Å². The zero-order valence-electron chi connectivity index (χ0n) is 12.2. The molecule has 0 unspecified atom stereocenters. The Morgan fingerprint density at radius 2 is 1.90 bits per heavy atom. The summed E-state index contributed by atoms with van der Waals surface area (Å²) < 4.78 is 0. The van der Waals surface area contributed by atoms with E-state index in [-0.39, 0.29) is 17.3 Å². The van der Waals surface area contributed by atoms with Crippen LogP contribution in [0.5, 0.6) is 0 Å². The van der Waals surface area contributed by atoms with E-state index in [1.807, 2.05) is 0 Å². The Hall–Kier alpha value is -1.96. The number of nitrogens with two attached hydrogens (primary N) is 1. The fraction of sp³-hybridized carbons (Fsp3) is 0.692. The summed E-state index contributed by atoms with van der Waals surface area (Å²) in [6.45, 7) is 2.92. The molecule has 1 fully saturated rings. The first-order valence-corrected chi connectivity index (χ1v) is 7.35. The van der Waals surface area contributed by atoms with E-state index in [1.54, 1.807) is 0 Å². The molecular formula is C13H22N6O2. The number of aromatic nitrogens is 2. The van der Waals surface area contributed by atoms with Crippen LogP contribution < -0.4 is 16.6 Å². The molecular weight excluding hydrogens is 272 g/mol. The molecule has 0 bridgehead atoms. The third-order valence-corrected chi connectivity index (χ3v) is 4.24. The first kappa shape index (κ1) is 15.4. The van der Waals surface area contributed by atoms with Crippen molar-refractivity contribution in [2.24, 2.45) is 17.7 Å². The molecule has 0 aromatic carbocycles. The Labute approximate surface area is 123 Å². The van der Waals surface area contributed by atoms with Crippen LogP contribution in [0.4, 0.5) is 17.3 Å². The van der Waals surface area contributed by atoms with Gasteiger partial charge >= 0.3 is 5.69 Å². The van der Waals surface area contributed by atoms with Crippen LogP contribution in [0.1, 0.15) is 39.0 Å². The van der Waals surface area contributed by atoms with Crippen molar-refractivity contribution in [3.63, 3.8) is 0 Å². The summed E-state index contributed by atoms with van der Waals surface area (Å²) in [6, 6.07) is 0. The second-order valence-corrected chi connectivity index (χ2v) is 5.50. The second-order valence-electron chi connectivity index (χ2n) is 5.50. The van der Waals surface area contributed by atoms with Gasteiger partial charge < -0.3 is 10.7 Å². The summed E-state index contributed by atoms with van der Waals surface area (Å²) in [5.74, 6) is 6.87. The summed E-state index contributed by atoms with van der Waals surface area (Å²) in [7, 11) is 0. The van der Waals surface area contributed by atoms with Crippen molar-refractivity contribution in [1.29, 1.82) is 0 Å². The third kappa shape index (κ3) is 3.78. The maximum absolute atomic E-state index is 11.1. The summed E-state index contributed by atoms with van der Waals surface area (Å²) in [6.07, 6.45) is 7.30. The van der Waals surface area contributed by atoms with E-state index in [0.717, 1.165) is 18.8 Å². The highest BCUT2D eigenvalue weighted by atomic mass is 16.6. The average molecular weight is 294 g/mol. The quantitative estimate of drug-likeness (QED) is 0.418. The molecule has 8 nitrogen and oxygen atoms in total. The lowest BCUT2D eigenvalue weighted by Crippen LogP contribution is -2.22. The molecule has 0 amide bonds. The maximum Gasteiger partial charge on any atom is 0.354 e. The normalized spacial score (nSPS) is 21.8. The molecule has 1 aromatic rings. The molecule has 0 atom stereocenters. The summed E-state index contributed by atoms with van der Waals surface area (Å²) in [4.78, 5) is 18.3. The van der Waals surface area contributed by atoms with Crippen LogP contribution in [-0.2, 0) is 0 Å². The summed E-state index contributed by atoms with van der Waals surface area (Å²) in [5.41, 5.74) is 2.03. The summed E-state index contributed by atoms with van der Waals surface area (Å²) >= 11 is 0. The monoisotopic (exact) mass is 294 g/mol. The first-order chi connectivity index (χ1) is 10.2. The third-order valence-electron chi connectivity index (χ3n) is 4.24. The van der Waals surface area contributed by atoms with Crippen LogP contribution >= 0.6 is 0 Å². The molecule has 8 heteroatoms. The number of nitrogen functional groups attached to an aromatic ring is 1. The average Bonchev–Trinajstić information content (AvgIpc) is 2.52. The lowest BCUT2D eigenvalue weighted by atomic mass is 9.81. The van der Waals surface area contributed by atoms with Crippen LogP contribution in [0.15, 0.2) is 6.33 Å². The number of nitrogens with zero attached hydrogens (tertiary/aromatic N) is 3. The SMILES string of the molecule is CCC1CCC(CNc2ncnc(NN)c2[N+](=O)[O-])CC1. The topological polar surface area (TPSA) is 119 Å². The van der Waals surface area contributed by atoms with E-state index in [1.165, 1.54) is 25.6 Å². The standard InChI is InChI=1S/C13H22N6O2/c1-2-9-3-5-10(6-4-9)7-15-12-11(19(20)21)13(18-14)17-8-16-12/h8-10H,2-7,14H2,1H3,(H2,15,16,17,18). The minimum absolute atomic E-state index is 0.0205. The Bertz CT molecular complexity index is 488. The molecule has 0 saturated heterocycles. The minimum Gasteiger partial charge on any atom is -0.364 e. The maximum atomic E-state index is 11.1. The van der Waals surface area contributed by atoms with Crippen LogP contribution in [-0.4, -0.2) is 21.4 Å². The molecule has 0 spiro atoms. The number of nitro groups is 1. The zero-order valence-corrected chi connectivity index (χ0v) is 12.2. The number of hydrogen-bond acceptors (Lipinski definition) is 7. The Morgan fingerprint density at radius 1 is 1.29 bits per heavy atom. The van der Waals surface area contributed by atoms with Gasteiger partial charge in [0.1, 0.15) is 6.33 Å². The van der Waals surface area contributed by atoms with Gasteiger partial charge in [-0.1, -0.05) is 26.2 Å². The second kappa shape index (κ2) is 7.16. The van der Waals surface area contributed by atoms with E-state index in [4.69, 9.17) is 5.84 Å². The molecule has 21 heavy (non-hydrogen) atoms. The van der Waals surface area contributed by atoms with Crippen LogP contribution in [0.3, 0.4) is 0 Å². The van der Waals surface area contributed by atoms with Crippen molar-refractivity contribution in [1.82, 2.24) is 9.97 Å². The van der Waals surface area contributed by atoms with Crippen LogP contribution in [0.25, 0.3) is 0 Å². The Balaban J connectivity index is 1.99. The van der Waals surface area contributed by atoms with Gasteiger partial charge in [0.15, 0.2) is 0 Å². The number of anilines is 2. The van der Waals surface area contributed by atoms with Gasteiger partial charge in [-0.25, -0.2) is 15.8 Å². The molecule has 1 aliphatic carbocycles. The number of hydrogen-bond donors (Lipinski definition) is 3. The lowest BCUT2D eigenvalue weighted by molar-refractivity contribution is -0.383. The molecule has 1 heterocycles. The van der Waals surface area contributed by atoms with E-state index in [0.29, 0.717) is 12.5 Å². The number of rotatable bonds is 6. The van der Waals surface area contributed by atoms with E-state index in [2.05, 4.69) is 27.6 Å². The predicted molar refractivity (Wildman–Crippen MR) is 80.7 cm³/mol. The van der Waals surface area contributed by atoms with E-state index < -0.39 is 4.92 Å². The van der Waals surface area contributed by atoms with Crippen molar-refractivity contribution in [3.05, 3.63) is 16.4 Å². The highest BCUT2D eigenvalue weighted by Gasteiger charge is 2.24. The predicted octanol–water partition coefficient (Wildman–Crippen LogP) is 2.30. The van der Waals surface area contributed by atoms with Gasteiger partial charge in [-0.15, -0.1) is 0 Å². The molecule has 1 aromatic heterocycles. The number of nitrogens with one attached hydrogen (secondary N) is 2. The molecule has 1 aliphatic rings. The highest BCUT2D eigenvalue weighted by molar-refractivity contribution is 5.68. The molecule has 116 valence electrons. The fourth-order valence-corrected chi connectivity index (χ4v) is 2.87. The van der Waals surface area contributed by atoms with Gasteiger partial charge in [-0.2, -0.15) is 0 Å². The van der Waals surface area contributed by atoms with Crippen molar-refractivity contribution in [2.75, 3.05) is 17.3 Å². The Kier molecular flexibility index (Phi) is 5.26. The van der Waals surface area contributed by atoms with E-state index in [9.17, 15) is 10.1 Å². The molecule has 0 radical (unpaired) electrons. The van der Waals surface area contributed by atoms with Gasteiger partial charge in [0.05, 0.1) is 4.92 Å². The van der Waals surface area contributed by atoms with Crippen molar-refractivity contribution < 1.29 is 4.92 Å². The number of hydrazine groups is 1. The summed E-state index contributed by atoms with van der Waals surface area (Å²) in [5, 5.41) is 14.2. The first-order valence-electron chi connectivity index (χ1n) is 7.35. The van der Waals surface area contributed by atoms with Gasteiger partial charge in [0.25, 0.3) is 0 Å². The fourth-order valence-electron chi connectivity index (χ4n) is 2.87. The van der Waals surface area contributed by atoms with Gasteiger partial charge in [-0.05, 0) is 24.7 Å². The van der Waals surface area contributed by atoms with E-state index >= 15 is 0 Å². The van der Waals surface area contributed by atoms with Crippen LogP contribution in [0.2, 0.25) is 0 Å². The molecule has 4 N–H and O–H groups in total. The largest absolute Gasteiger partial charge is 0.364 e. The molecule has 2 rings (SSSR count). The Morgan fingerprint density at radius 3 is 2.48 bits per heavy atom. The van der Waals surface area contributed by atoms with Crippen molar-refractivity contribution >= 4 is 17.3 Å². The molecule has 1 saturated carbocycles. The molecule has 0 aliphatic heterocycles. The lowest BCUT2D eigenvalue weighted by Gasteiger charge is -2.27. The zero-order chi connectivity index (χ0) is 15.2. The van der Waals surface area contributed by atoms with Gasteiger partial charge in [-0.3, -0.25) is 10.1 Å². The van der Waals surface area contributed by atoms with Gasteiger partial charge in [0.2, 0.25) is 11.6 Å².